The first-order chi connectivity index (χ1) is 11.5. The summed E-state index contributed by atoms with van der Waals surface area (Å²) >= 11 is 6.10. The van der Waals surface area contributed by atoms with Crippen LogP contribution in [0.1, 0.15) is 12.0 Å². The minimum Gasteiger partial charge on any atom is -0.323 e. The summed E-state index contributed by atoms with van der Waals surface area (Å²) in [5.41, 5.74) is 1.70. The lowest BCUT2D eigenvalue weighted by Crippen LogP contribution is -2.28. The van der Waals surface area contributed by atoms with Crippen molar-refractivity contribution in [2.45, 2.75) is 13.3 Å². The van der Waals surface area contributed by atoms with Crippen molar-refractivity contribution < 1.29 is 14.0 Å². The average Bonchev–Trinajstić information content (AvgIpc) is 2.94. The Balaban J connectivity index is 1.73. The molecule has 2 aromatic rings. The molecular formula is C18H16ClFN2O2. The van der Waals surface area contributed by atoms with Gasteiger partial charge < -0.3 is 10.2 Å². The Kier molecular flexibility index (Phi) is 4.53. The molecule has 1 aliphatic heterocycles. The third-order valence-corrected chi connectivity index (χ3v) is 4.50. The number of nitrogens with zero attached hydrogens (tertiary/aromatic N) is 1. The summed E-state index contributed by atoms with van der Waals surface area (Å²) in [5, 5.41) is 3.12. The van der Waals surface area contributed by atoms with Gasteiger partial charge in [0.1, 0.15) is 5.82 Å². The van der Waals surface area contributed by atoms with Gasteiger partial charge in [-0.25, -0.2) is 4.39 Å². The van der Waals surface area contributed by atoms with E-state index in [1.807, 2.05) is 13.0 Å². The second-order valence-corrected chi connectivity index (χ2v) is 6.22. The number of carbonyl (C=O) groups is 2. The maximum absolute atomic E-state index is 13.6. The molecule has 0 radical (unpaired) electrons. The van der Waals surface area contributed by atoms with E-state index in [1.54, 1.807) is 24.3 Å². The number of nitrogens with one attached hydrogen (secondary N) is 1. The number of amides is 2. The molecule has 4 nitrogen and oxygen atoms in total. The summed E-state index contributed by atoms with van der Waals surface area (Å²) in [6.07, 6.45) is 0.0891. The molecule has 24 heavy (non-hydrogen) atoms. The predicted octanol–water partition coefficient (Wildman–Crippen LogP) is 3.78. The van der Waals surface area contributed by atoms with E-state index in [9.17, 15) is 14.0 Å². The Hall–Kier alpha value is -2.40. The van der Waals surface area contributed by atoms with Crippen molar-refractivity contribution in [1.82, 2.24) is 0 Å². The highest BCUT2D eigenvalue weighted by atomic mass is 35.5. The number of halogens is 2. The molecule has 0 aromatic heterocycles. The minimum atomic E-state index is -0.530. The normalized spacial score (nSPS) is 17.2. The van der Waals surface area contributed by atoms with Crippen molar-refractivity contribution in [1.29, 1.82) is 0 Å². The Labute approximate surface area is 144 Å². The van der Waals surface area contributed by atoms with E-state index < -0.39 is 11.7 Å². The molecule has 6 heteroatoms. The highest BCUT2D eigenvalue weighted by molar-refractivity contribution is 6.31. The predicted molar refractivity (Wildman–Crippen MR) is 91.7 cm³/mol. The molecule has 1 N–H and O–H groups in total. The summed E-state index contributed by atoms with van der Waals surface area (Å²) in [6, 6.07) is 11.3. The molecule has 0 spiro atoms. The van der Waals surface area contributed by atoms with Gasteiger partial charge in [0.05, 0.1) is 11.6 Å². The SMILES string of the molecule is Cc1ccc(N2CC(C(=O)Nc3ccccc3F)CC2=O)cc1Cl. The fourth-order valence-electron chi connectivity index (χ4n) is 2.68. The number of hydrogen-bond donors (Lipinski definition) is 1. The number of benzene rings is 2. The van der Waals surface area contributed by atoms with Crippen LogP contribution in [-0.2, 0) is 9.59 Å². The monoisotopic (exact) mass is 346 g/mol. The van der Waals surface area contributed by atoms with Gasteiger partial charge in [-0.3, -0.25) is 9.59 Å². The van der Waals surface area contributed by atoms with Gasteiger partial charge in [0.15, 0.2) is 0 Å². The second-order valence-electron chi connectivity index (χ2n) is 5.81. The summed E-state index contributed by atoms with van der Waals surface area (Å²) in [7, 11) is 0. The van der Waals surface area contributed by atoms with Gasteiger partial charge in [-0.2, -0.15) is 0 Å². The molecule has 1 fully saturated rings. The molecule has 1 unspecified atom stereocenters. The quantitative estimate of drug-likeness (QED) is 0.919. The highest BCUT2D eigenvalue weighted by Crippen LogP contribution is 2.29. The molecule has 0 saturated carbocycles. The molecule has 124 valence electrons. The van der Waals surface area contributed by atoms with Crippen molar-refractivity contribution >= 4 is 34.8 Å². The Morgan fingerprint density at radius 1 is 1.29 bits per heavy atom. The minimum absolute atomic E-state index is 0.0891. The van der Waals surface area contributed by atoms with Crippen molar-refractivity contribution in [2.75, 3.05) is 16.8 Å². The maximum Gasteiger partial charge on any atom is 0.229 e. The second kappa shape index (κ2) is 6.61. The molecule has 1 saturated heterocycles. The van der Waals surface area contributed by atoms with E-state index in [0.717, 1.165) is 5.56 Å². The number of para-hydroxylation sites is 1. The first-order valence-electron chi connectivity index (χ1n) is 7.57. The largest absolute Gasteiger partial charge is 0.323 e. The Morgan fingerprint density at radius 2 is 2.04 bits per heavy atom. The topological polar surface area (TPSA) is 49.4 Å². The smallest absolute Gasteiger partial charge is 0.229 e. The van der Waals surface area contributed by atoms with Gasteiger partial charge in [0.2, 0.25) is 11.8 Å². The number of aryl methyl sites for hydroxylation is 1. The average molecular weight is 347 g/mol. The number of carbonyl (C=O) groups excluding carboxylic acids is 2. The lowest BCUT2D eigenvalue weighted by atomic mass is 10.1. The zero-order chi connectivity index (χ0) is 17.3. The molecule has 2 aromatic carbocycles. The van der Waals surface area contributed by atoms with Crippen LogP contribution in [0.5, 0.6) is 0 Å². The van der Waals surface area contributed by atoms with E-state index in [4.69, 9.17) is 11.6 Å². The molecule has 2 amide bonds. The van der Waals surface area contributed by atoms with Gasteiger partial charge in [0, 0.05) is 23.7 Å². The lowest BCUT2D eigenvalue weighted by molar-refractivity contribution is -0.122. The van der Waals surface area contributed by atoms with Crippen LogP contribution in [0, 0.1) is 18.7 Å². The molecule has 0 aliphatic carbocycles. The van der Waals surface area contributed by atoms with Gasteiger partial charge in [-0.05, 0) is 36.8 Å². The Morgan fingerprint density at radius 3 is 2.75 bits per heavy atom. The van der Waals surface area contributed by atoms with Crippen LogP contribution >= 0.6 is 11.6 Å². The van der Waals surface area contributed by atoms with E-state index in [1.165, 1.54) is 17.0 Å². The van der Waals surface area contributed by atoms with Crippen LogP contribution in [0.15, 0.2) is 42.5 Å². The van der Waals surface area contributed by atoms with Crippen LogP contribution in [0.3, 0.4) is 0 Å². The molecule has 1 heterocycles. The summed E-state index contributed by atoms with van der Waals surface area (Å²) < 4.78 is 13.6. The van der Waals surface area contributed by atoms with Crippen molar-refractivity contribution in [2.24, 2.45) is 5.92 Å². The zero-order valence-electron chi connectivity index (χ0n) is 13.1. The van der Waals surface area contributed by atoms with E-state index in [-0.39, 0.29) is 30.5 Å². The zero-order valence-corrected chi connectivity index (χ0v) is 13.8. The fraction of sp³-hybridized carbons (Fsp3) is 0.222. The number of anilines is 2. The van der Waals surface area contributed by atoms with Gasteiger partial charge >= 0.3 is 0 Å². The van der Waals surface area contributed by atoms with Gasteiger partial charge in [-0.15, -0.1) is 0 Å². The van der Waals surface area contributed by atoms with E-state index in [2.05, 4.69) is 5.32 Å². The maximum atomic E-state index is 13.6. The first-order valence-corrected chi connectivity index (χ1v) is 7.95. The summed E-state index contributed by atoms with van der Waals surface area (Å²) in [5.74, 6) is -1.55. The van der Waals surface area contributed by atoms with Crippen molar-refractivity contribution in [3.8, 4) is 0 Å². The van der Waals surface area contributed by atoms with Gasteiger partial charge in [-0.1, -0.05) is 29.8 Å². The van der Waals surface area contributed by atoms with Crippen molar-refractivity contribution in [3.63, 3.8) is 0 Å². The highest BCUT2D eigenvalue weighted by Gasteiger charge is 2.35. The van der Waals surface area contributed by atoms with E-state index in [0.29, 0.717) is 10.7 Å². The molecule has 0 bridgehead atoms. The van der Waals surface area contributed by atoms with Crippen LogP contribution < -0.4 is 10.2 Å². The third-order valence-electron chi connectivity index (χ3n) is 4.09. The van der Waals surface area contributed by atoms with Crippen LogP contribution in [0.2, 0.25) is 5.02 Å². The summed E-state index contributed by atoms with van der Waals surface area (Å²) in [4.78, 5) is 26.1. The van der Waals surface area contributed by atoms with Crippen LogP contribution in [0.25, 0.3) is 0 Å². The first kappa shape index (κ1) is 16.5. The van der Waals surface area contributed by atoms with Crippen LogP contribution in [0.4, 0.5) is 15.8 Å². The standard InChI is InChI=1S/C18H16ClFN2O2/c1-11-6-7-13(9-14(11)19)22-10-12(8-17(22)23)18(24)21-16-5-3-2-4-15(16)20/h2-7,9,12H,8,10H2,1H3,(H,21,24). The molecule has 3 rings (SSSR count). The fourth-order valence-corrected chi connectivity index (χ4v) is 2.85. The summed E-state index contributed by atoms with van der Waals surface area (Å²) in [6.45, 7) is 2.13. The Bertz CT molecular complexity index is 809. The number of hydrogen-bond acceptors (Lipinski definition) is 2. The van der Waals surface area contributed by atoms with Crippen LogP contribution in [-0.4, -0.2) is 18.4 Å². The molecule has 1 atom stereocenters. The van der Waals surface area contributed by atoms with Gasteiger partial charge in [0.25, 0.3) is 0 Å². The molecule has 1 aliphatic rings. The lowest BCUT2D eigenvalue weighted by Gasteiger charge is -2.17. The molecular weight excluding hydrogens is 331 g/mol. The van der Waals surface area contributed by atoms with E-state index >= 15 is 0 Å². The van der Waals surface area contributed by atoms with Crippen molar-refractivity contribution in [3.05, 3.63) is 58.9 Å². The third kappa shape index (κ3) is 3.26. The number of rotatable bonds is 3.